The van der Waals surface area contributed by atoms with Gasteiger partial charge in [0.2, 0.25) is 0 Å². The van der Waals surface area contributed by atoms with E-state index in [0.29, 0.717) is 4.90 Å². The summed E-state index contributed by atoms with van der Waals surface area (Å²) in [6.07, 6.45) is -3.06. The van der Waals surface area contributed by atoms with Crippen LogP contribution in [-0.2, 0) is 0 Å². The van der Waals surface area contributed by atoms with Crippen LogP contribution in [0.1, 0.15) is 17.3 Å². The molecule has 0 aromatic carbocycles. The van der Waals surface area contributed by atoms with E-state index in [2.05, 4.69) is 10.4 Å². The second-order valence-electron chi connectivity index (χ2n) is 3.48. The molecule has 100 valence electrons. The van der Waals surface area contributed by atoms with Crippen LogP contribution >= 0.6 is 0 Å². The van der Waals surface area contributed by atoms with E-state index < -0.39 is 18.6 Å². The number of nitrogen functional groups attached to an aromatic ring is 1. The molecule has 1 aromatic rings. The molecule has 0 atom stereocenters. The summed E-state index contributed by atoms with van der Waals surface area (Å²) in [5.41, 5.74) is 2.18. The highest BCUT2D eigenvalue weighted by Crippen LogP contribution is 2.19. The average molecular weight is 262 g/mol. The third-order valence-corrected chi connectivity index (χ3v) is 2.21. The number of hydrogen-bond donors (Lipinski definition) is 2. The Morgan fingerprint density at radius 3 is 2.72 bits per heavy atom. The van der Waals surface area contributed by atoms with E-state index in [1.807, 2.05) is 0 Å². The molecule has 8 heteroatoms. The third-order valence-electron chi connectivity index (χ3n) is 2.21. The number of rotatable bonds is 4. The maximum atomic E-state index is 12.3. The van der Waals surface area contributed by atoms with E-state index in [0.717, 1.165) is 0 Å². The molecule has 0 spiro atoms. The van der Waals surface area contributed by atoms with Crippen molar-refractivity contribution in [3.8, 4) is 0 Å². The van der Waals surface area contributed by atoms with Gasteiger partial charge in [0.25, 0.3) is 5.91 Å². The Morgan fingerprint density at radius 2 is 2.22 bits per heavy atom. The zero-order valence-electron chi connectivity index (χ0n) is 9.66. The number of halogens is 3. The first kappa shape index (κ1) is 14.2. The number of nitrogens with zero attached hydrogens (tertiary/aromatic N) is 2. The average Bonchev–Trinajstić information content (AvgIpc) is 2.34. The number of alkyl halides is 3. The zero-order chi connectivity index (χ0) is 13.8. The summed E-state index contributed by atoms with van der Waals surface area (Å²) in [4.78, 5) is 16.4. The van der Waals surface area contributed by atoms with Crippen LogP contribution < -0.4 is 11.3 Å². The number of nitrogens with one attached hydrogen (secondary N) is 1. The van der Waals surface area contributed by atoms with Gasteiger partial charge in [0.1, 0.15) is 6.54 Å². The second-order valence-corrected chi connectivity index (χ2v) is 3.48. The lowest BCUT2D eigenvalue weighted by Crippen LogP contribution is -2.39. The Hall–Kier alpha value is -1.83. The molecule has 0 radical (unpaired) electrons. The van der Waals surface area contributed by atoms with Crippen LogP contribution in [0.5, 0.6) is 0 Å². The maximum absolute atomic E-state index is 12.3. The molecular formula is C10H13F3N4O. The SMILES string of the molecule is CCN(CC(F)(F)F)C(=O)c1cccnc1NN. The van der Waals surface area contributed by atoms with E-state index in [1.165, 1.54) is 25.3 Å². The molecule has 1 rings (SSSR count). The number of aromatic nitrogens is 1. The first-order valence-corrected chi connectivity index (χ1v) is 5.16. The van der Waals surface area contributed by atoms with Crippen LogP contribution in [-0.4, -0.2) is 35.1 Å². The minimum absolute atomic E-state index is 0.00565. The Bertz CT molecular complexity index is 422. The Labute approximate surface area is 102 Å². The van der Waals surface area contributed by atoms with Crippen LogP contribution in [0.4, 0.5) is 19.0 Å². The molecule has 1 amide bonds. The molecule has 0 aliphatic carbocycles. The van der Waals surface area contributed by atoms with Gasteiger partial charge in [0, 0.05) is 12.7 Å². The Balaban J connectivity index is 2.97. The van der Waals surface area contributed by atoms with E-state index in [4.69, 9.17) is 5.84 Å². The van der Waals surface area contributed by atoms with Crippen molar-refractivity contribution in [2.45, 2.75) is 13.1 Å². The van der Waals surface area contributed by atoms with E-state index in [1.54, 1.807) is 0 Å². The molecule has 0 saturated heterocycles. The van der Waals surface area contributed by atoms with Crippen LogP contribution in [0.25, 0.3) is 0 Å². The topological polar surface area (TPSA) is 71.2 Å². The van der Waals surface area contributed by atoms with Gasteiger partial charge in [-0.1, -0.05) is 0 Å². The van der Waals surface area contributed by atoms with Crippen molar-refractivity contribution in [3.05, 3.63) is 23.9 Å². The second kappa shape index (κ2) is 5.67. The quantitative estimate of drug-likeness (QED) is 0.635. The molecule has 1 aromatic heterocycles. The summed E-state index contributed by atoms with van der Waals surface area (Å²) in [5, 5.41) is 0. The molecule has 0 saturated carbocycles. The first-order valence-electron chi connectivity index (χ1n) is 5.16. The number of hydrogen-bond acceptors (Lipinski definition) is 4. The van der Waals surface area contributed by atoms with Gasteiger partial charge in [0.15, 0.2) is 5.82 Å². The van der Waals surface area contributed by atoms with Gasteiger partial charge in [-0.25, -0.2) is 10.8 Å². The molecule has 0 unspecified atom stereocenters. The minimum Gasteiger partial charge on any atom is -0.330 e. The van der Waals surface area contributed by atoms with E-state index >= 15 is 0 Å². The zero-order valence-corrected chi connectivity index (χ0v) is 9.66. The van der Waals surface area contributed by atoms with Crippen molar-refractivity contribution in [1.29, 1.82) is 0 Å². The normalized spacial score (nSPS) is 11.2. The van der Waals surface area contributed by atoms with Gasteiger partial charge in [-0.05, 0) is 19.1 Å². The van der Waals surface area contributed by atoms with Crippen molar-refractivity contribution in [3.63, 3.8) is 0 Å². The lowest BCUT2D eigenvalue weighted by molar-refractivity contribution is -0.140. The Morgan fingerprint density at radius 1 is 1.56 bits per heavy atom. The number of amides is 1. The van der Waals surface area contributed by atoms with Crippen molar-refractivity contribution >= 4 is 11.7 Å². The van der Waals surface area contributed by atoms with E-state index in [-0.39, 0.29) is 17.9 Å². The smallest absolute Gasteiger partial charge is 0.330 e. The van der Waals surface area contributed by atoms with E-state index in [9.17, 15) is 18.0 Å². The molecule has 3 N–H and O–H groups in total. The van der Waals surface area contributed by atoms with Crippen molar-refractivity contribution in [2.24, 2.45) is 5.84 Å². The summed E-state index contributed by atoms with van der Waals surface area (Å²) >= 11 is 0. The molecule has 5 nitrogen and oxygen atoms in total. The highest BCUT2D eigenvalue weighted by atomic mass is 19.4. The largest absolute Gasteiger partial charge is 0.406 e. The predicted molar refractivity (Wildman–Crippen MR) is 59.7 cm³/mol. The summed E-state index contributed by atoms with van der Waals surface area (Å²) in [6.45, 7) is 0.105. The van der Waals surface area contributed by atoms with Gasteiger partial charge in [-0.15, -0.1) is 0 Å². The molecular weight excluding hydrogens is 249 g/mol. The lowest BCUT2D eigenvalue weighted by atomic mass is 10.2. The number of nitrogens with two attached hydrogens (primary N) is 1. The number of carbonyl (C=O) groups is 1. The van der Waals surface area contributed by atoms with Gasteiger partial charge in [-0.2, -0.15) is 13.2 Å². The van der Waals surface area contributed by atoms with Crippen molar-refractivity contribution < 1.29 is 18.0 Å². The van der Waals surface area contributed by atoms with Gasteiger partial charge < -0.3 is 10.3 Å². The lowest BCUT2D eigenvalue weighted by Gasteiger charge is -2.22. The van der Waals surface area contributed by atoms with Crippen molar-refractivity contribution in [1.82, 2.24) is 9.88 Å². The van der Waals surface area contributed by atoms with Gasteiger partial charge in [-0.3, -0.25) is 4.79 Å². The molecule has 0 bridgehead atoms. The number of pyridine rings is 1. The fourth-order valence-corrected chi connectivity index (χ4v) is 1.41. The van der Waals surface area contributed by atoms with Gasteiger partial charge >= 0.3 is 6.18 Å². The molecule has 18 heavy (non-hydrogen) atoms. The third kappa shape index (κ3) is 3.59. The molecule has 0 aliphatic rings. The molecule has 1 heterocycles. The summed E-state index contributed by atoms with van der Waals surface area (Å²) in [7, 11) is 0. The standard InChI is InChI=1S/C10H13F3N4O/c1-2-17(6-10(11,12)13)9(18)7-4-3-5-15-8(7)16-14/h3-5H,2,6,14H2,1H3,(H,15,16). The number of hydrazine groups is 1. The number of carbonyl (C=O) groups excluding carboxylic acids is 1. The summed E-state index contributed by atoms with van der Waals surface area (Å²) < 4.78 is 36.9. The van der Waals surface area contributed by atoms with Crippen LogP contribution in [0.15, 0.2) is 18.3 Å². The van der Waals surface area contributed by atoms with Gasteiger partial charge in [0.05, 0.1) is 5.56 Å². The predicted octanol–water partition coefficient (Wildman–Crippen LogP) is 1.39. The fraction of sp³-hybridized carbons (Fsp3) is 0.400. The Kier molecular flexibility index (Phi) is 4.49. The number of anilines is 1. The summed E-state index contributed by atoms with van der Waals surface area (Å²) in [5.74, 6) is 4.43. The van der Waals surface area contributed by atoms with Crippen molar-refractivity contribution in [2.75, 3.05) is 18.5 Å². The monoisotopic (exact) mass is 262 g/mol. The molecule has 0 fully saturated rings. The highest BCUT2D eigenvalue weighted by Gasteiger charge is 2.33. The fourth-order valence-electron chi connectivity index (χ4n) is 1.41. The van der Waals surface area contributed by atoms with Crippen LogP contribution in [0.2, 0.25) is 0 Å². The summed E-state index contributed by atoms with van der Waals surface area (Å²) in [6, 6.07) is 2.82. The van der Waals surface area contributed by atoms with Crippen LogP contribution in [0.3, 0.4) is 0 Å². The minimum atomic E-state index is -4.44. The molecule has 0 aliphatic heterocycles. The maximum Gasteiger partial charge on any atom is 0.406 e. The highest BCUT2D eigenvalue weighted by molar-refractivity contribution is 5.98. The van der Waals surface area contributed by atoms with Crippen LogP contribution in [0, 0.1) is 0 Å². The first-order chi connectivity index (χ1) is 8.39.